The van der Waals surface area contributed by atoms with Crippen LogP contribution in [-0.2, 0) is 11.3 Å². The number of nitrogens with one attached hydrogen (secondary N) is 1. The number of β-amino-alcohol motifs (C(OH)–C–C–N with tert-alkyl or cyclic N) is 1. The van der Waals surface area contributed by atoms with E-state index in [0.29, 0.717) is 22.2 Å². The van der Waals surface area contributed by atoms with E-state index in [1.54, 1.807) is 6.07 Å². The van der Waals surface area contributed by atoms with E-state index in [2.05, 4.69) is 5.32 Å². The fraction of sp³-hybridized carbons (Fsp3) is 0.278. The minimum atomic E-state index is -0.804. The maximum atomic E-state index is 15.1. The first-order chi connectivity index (χ1) is 12.9. The molecule has 0 aromatic heterocycles. The minimum Gasteiger partial charge on any atom is -0.490 e. The third-order valence-electron chi connectivity index (χ3n) is 4.36. The largest absolute Gasteiger partial charge is 0.490 e. The standard InChI is InChI=1S/C18H15F2IN2O4/c19-13-6-10(21)1-2-14(13)22-16-12(18(25)23-7-11(24)8-27-23)5-9-3-4-26-17(9)15(16)20/h1-2,5-6,11,22,24H,3-4,7-8H2/t11-/m1/s1. The van der Waals surface area contributed by atoms with Crippen molar-refractivity contribution in [3.8, 4) is 5.75 Å². The van der Waals surface area contributed by atoms with Gasteiger partial charge in [-0.25, -0.2) is 13.8 Å². The molecule has 2 aromatic rings. The molecule has 1 amide bonds. The molecule has 1 fully saturated rings. The topological polar surface area (TPSA) is 71.0 Å². The van der Waals surface area contributed by atoms with Crippen LogP contribution in [0.15, 0.2) is 24.3 Å². The van der Waals surface area contributed by atoms with E-state index in [1.807, 2.05) is 22.6 Å². The van der Waals surface area contributed by atoms with E-state index in [1.165, 1.54) is 18.2 Å². The number of fused-ring (bicyclic) bond motifs is 1. The zero-order valence-electron chi connectivity index (χ0n) is 14.0. The summed E-state index contributed by atoms with van der Waals surface area (Å²) < 4.78 is 35.3. The zero-order valence-corrected chi connectivity index (χ0v) is 16.1. The van der Waals surface area contributed by atoms with Crippen LogP contribution < -0.4 is 10.1 Å². The first-order valence-corrected chi connectivity index (χ1v) is 9.35. The summed E-state index contributed by atoms with van der Waals surface area (Å²) in [6.45, 7) is 0.266. The van der Waals surface area contributed by atoms with Gasteiger partial charge in [0.2, 0.25) is 0 Å². The second-order valence-electron chi connectivity index (χ2n) is 6.26. The van der Waals surface area contributed by atoms with Gasteiger partial charge in [-0.2, -0.15) is 0 Å². The highest BCUT2D eigenvalue weighted by atomic mass is 127. The molecule has 0 radical (unpaired) electrons. The van der Waals surface area contributed by atoms with Gasteiger partial charge in [0, 0.05) is 15.6 Å². The maximum Gasteiger partial charge on any atom is 0.279 e. The Morgan fingerprint density at radius 3 is 2.85 bits per heavy atom. The molecule has 1 atom stereocenters. The number of hydrogen-bond donors (Lipinski definition) is 2. The summed E-state index contributed by atoms with van der Waals surface area (Å²) in [5.41, 5.74) is 0.391. The van der Waals surface area contributed by atoms with Gasteiger partial charge in [0.15, 0.2) is 11.6 Å². The van der Waals surface area contributed by atoms with Gasteiger partial charge in [0.1, 0.15) is 18.5 Å². The first kappa shape index (κ1) is 18.4. The molecule has 142 valence electrons. The second kappa shape index (κ2) is 7.21. The molecule has 6 nitrogen and oxygen atoms in total. The molecule has 4 rings (SSSR count). The van der Waals surface area contributed by atoms with Gasteiger partial charge < -0.3 is 15.2 Å². The highest BCUT2D eigenvalue weighted by molar-refractivity contribution is 14.1. The number of benzene rings is 2. The molecule has 0 aliphatic carbocycles. The molecule has 2 heterocycles. The van der Waals surface area contributed by atoms with Crippen LogP contribution in [0, 0.1) is 15.2 Å². The van der Waals surface area contributed by atoms with Crippen LogP contribution >= 0.6 is 22.6 Å². The molecule has 2 aliphatic rings. The number of carbonyl (C=O) groups is 1. The molecule has 2 N–H and O–H groups in total. The van der Waals surface area contributed by atoms with Crippen molar-refractivity contribution in [1.82, 2.24) is 5.06 Å². The molecule has 0 saturated carbocycles. The highest BCUT2D eigenvalue weighted by Gasteiger charge is 2.32. The summed E-state index contributed by atoms with van der Waals surface area (Å²) in [4.78, 5) is 18.0. The summed E-state index contributed by atoms with van der Waals surface area (Å²) >= 11 is 1.97. The van der Waals surface area contributed by atoms with Crippen molar-refractivity contribution < 1.29 is 28.3 Å². The van der Waals surface area contributed by atoms with E-state index in [9.17, 15) is 14.3 Å². The Morgan fingerprint density at radius 2 is 2.15 bits per heavy atom. The average Bonchev–Trinajstić information content (AvgIpc) is 3.27. The molecule has 0 bridgehead atoms. The number of anilines is 2. The Bertz CT molecular complexity index is 925. The Balaban J connectivity index is 1.78. The third-order valence-corrected chi connectivity index (χ3v) is 5.03. The smallest absolute Gasteiger partial charge is 0.279 e. The first-order valence-electron chi connectivity index (χ1n) is 8.27. The van der Waals surface area contributed by atoms with Gasteiger partial charge in [0.25, 0.3) is 5.91 Å². The summed E-state index contributed by atoms with van der Waals surface area (Å²) in [5.74, 6) is -1.89. The Hall–Kier alpha value is -1.98. The molecule has 2 aromatic carbocycles. The van der Waals surface area contributed by atoms with E-state index < -0.39 is 23.6 Å². The maximum absolute atomic E-state index is 15.1. The summed E-state index contributed by atoms with van der Waals surface area (Å²) in [5, 5.41) is 13.3. The van der Waals surface area contributed by atoms with Crippen molar-refractivity contribution in [1.29, 1.82) is 0 Å². The number of hydroxylamine groups is 2. The molecule has 0 spiro atoms. The lowest BCUT2D eigenvalue weighted by molar-refractivity contribution is -0.0779. The van der Waals surface area contributed by atoms with Gasteiger partial charge in [-0.3, -0.25) is 9.63 Å². The van der Waals surface area contributed by atoms with Crippen LogP contribution in [0.5, 0.6) is 5.75 Å². The molecule has 2 aliphatic heterocycles. The number of nitrogens with zero attached hydrogens (tertiary/aromatic N) is 1. The van der Waals surface area contributed by atoms with Crippen molar-refractivity contribution in [2.24, 2.45) is 0 Å². The predicted molar refractivity (Wildman–Crippen MR) is 101 cm³/mol. The van der Waals surface area contributed by atoms with Crippen LogP contribution in [0.25, 0.3) is 0 Å². The number of amides is 1. The van der Waals surface area contributed by atoms with Crippen LogP contribution in [0.4, 0.5) is 20.2 Å². The summed E-state index contributed by atoms with van der Waals surface area (Å²) in [6, 6.07) is 5.95. The monoisotopic (exact) mass is 488 g/mol. The van der Waals surface area contributed by atoms with Crippen molar-refractivity contribution in [2.45, 2.75) is 12.5 Å². The van der Waals surface area contributed by atoms with Crippen molar-refractivity contribution in [3.05, 3.63) is 50.6 Å². The molecule has 1 saturated heterocycles. The van der Waals surface area contributed by atoms with Crippen LogP contribution in [0.2, 0.25) is 0 Å². The van der Waals surface area contributed by atoms with Crippen molar-refractivity contribution in [3.63, 3.8) is 0 Å². The van der Waals surface area contributed by atoms with Crippen molar-refractivity contribution in [2.75, 3.05) is 25.1 Å². The van der Waals surface area contributed by atoms with Crippen LogP contribution in [0.3, 0.4) is 0 Å². The number of aliphatic hydroxyl groups is 1. The van der Waals surface area contributed by atoms with E-state index in [-0.39, 0.29) is 35.8 Å². The average molecular weight is 488 g/mol. The summed E-state index contributed by atoms with van der Waals surface area (Å²) in [7, 11) is 0. The normalized spacial score (nSPS) is 18.4. The minimum absolute atomic E-state index is 0.0104. The van der Waals surface area contributed by atoms with Crippen molar-refractivity contribution >= 4 is 39.9 Å². The molecule has 0 unspecified atom stereocenters. The molecule has 27 heavy (non-hydrogen) atoms. The van der Waals surface area contributed by atoms with Gasteiger partial charge in [-0.1, -0.05) is 0 Å². The molecule has 9 heteroatoms. The lowest BCUT2D eigenvalue weighted by Crippen LogP contribution is -2.29. The SMILES string of the molecule is O=C(c1cc2c(c(F)c1Nc1ccc(I)cc1F)OCC2)N1C[C@@H](O)CO1. The fourth-order valence-corrected chi connectivity index (χ4v) is 3.51. The van der Waals surface area contributed by atoms with Gasteiger partial charge in [-0.05, 0) is 46.9 Å². The number of rotatable bonds is 3. The number of aliphatic hydroxyl groups excluding tert-OH is 1. The number of carbonyl (C=O) groups excluding carboxylic acids is 1. The second-order valence-corrected chi connectivity index (χ2v) is 7.51. The van der Waals surface area contributed by atoms with Gasteiger partial charge in [0.05, 0.1) is 30.1 Å². The van der Waals surface area contributed by atoms with E-state index in [0.717, 1.165) is 5.06 Å². The third kappa shape index (κ3) is 3.46. The Kier molecular flexibility index (Phi) is 4.91. The zero-order chi connectivity index (χ0) is 19.1. The number of hydrogen-bond acceptors (Lipinski definition) is 5. The van der Waals surface area contributed by atoms with Crippen LogP contribution in [-0.4, -0.2) is 41.9 Å². The Morgan fingerprint density at radius 1 is 1.33 bits per heavy atom. The van der Waals surface area contributed by atoms with Crippen LogP contribution in [0.1, 0.15) is 15.9 Å². The number of ether oxygens (including phenoxy) is 1. The van der Waals surface area contributed by atoms with Gasteiger partial charge in [-0.15, -0.1) is 0 Å². The number of halogens is 3. The van der Waals surface area contributed by atoms with E-state index >= 15 is 4.39 Å². The quantitative estimate of drug-likeness (QED) is 0.651. The lowest BCUT2D eigenvalue weighted by Gasteiger charge is -2.19. The molecular formula is C18H15F2IN2O4. The predicted octanol–water partition coefficient (Wildman–Crippen LogP) is 3.00. The molecular weight excluding hydrogens is 473 g/mol. The van der Waals surface area contributed by atoms with Gasteiger partial charge >= 0.3 is 0 Å². The summed E-state index contributed by atoms with van der Waals surface area (Å²) in [6.07, 6.45) is -0.338. The van der Waals surface area contributed by atoms with E-state index in [4.69, 9.17) is 9.57 Å². The fourth-order valence-electron chi connectivity index (χ4n) is 3.05. The highest BCUT2D eigenvalue weighted by Crippen LogP contribution is 2.38. The Labute approximate surface area is 167 Å². The lowest BCUT2D eigenvalue weighted by atomic mass is 10.0.